The lowest BCUT2D eigenvalue weighted by molar-refractivity contribution is 0.103. The molecule has 4 aromatic rings. The van der Waals surface area contributed by atoms with Crippen LogP contribution in [0.5, 0.6) is 0 Å². The average molecular weight is 534 g/mol. The molecule has 0 aromatic heterocycles. The van der Waals surface area contributed by atoms with E-state index in [4.69, 9.17) is 12.2 Å². The molecule has 1 aliphatic carbocycles. The molecule has 0 saturated carbocycles. The Bertz CT molecular complexity index is 1220. The van der Waals surface area contributed by atoms with E-state index in [0.717, 1.165) is 47.2 Å². The van der Waals surface area contributed by atoms with Crippen LogP contribution >= 0.6 is 44.1 Å². The van der Waals surface area contributed by atoms with Crippen LogP contribution in [0.3, 0.4) is 0 Å². The molecule has 1 aliphatic rings. The SMILES string of the molecule is O=C1c2ccccc2C(=S)c2c(-c3ccc(Br)cc3)ccc(-c3ccc(Br)cc3)c21. The third kappa shape index (κ3) is 3.20. The highest BCUT2D eigenvalue weighted by molar-refractivity contribution is 9.10. The highest BCUT2D eigenvalue weighted by Gasteiger charge is 2.31. The largest absolute Gasteiger partial charge is 0.289 e. The molecular formula is C26H14Br2OS. The minimum atomic E-state index is 0.0195. The van der Waals surface area contributed by atoms with E-state index in [9.17, 15) is 4.79 Å². The summed E-state index contributed by atoms with van der Waals surface area (Å²) in [5.74, 6) is 0.0195. The van der Waals surface area contributed by atoms with Crippen molar-refractivity contribution in [2.24, 2.45) is 0 Å². The van der Waals surface area contributed by atoms with Crippen LogP contribution in [0.1, 0.15) is 27.0 Å². The fourth-order valence-corrected chi connectivity index (χ4v) is 4.88. The third-order valence-corrected chi connectivity index (χ3v) is 6.87. The molecule has 0 aliphatic heterocycles. The second-order valence-electron chi connectivity index (χ2n) is 7.13. The molecule has 0 radical (unpaired) electrons. The summed E-state index contributed by atoms with van der Waals surface area (Å²) in [5.41, 5.74) is 6.93. The maximum Gasteiger partial charge on any atom is 0.194 e. The smallest absolute Gasteiger partial charge is 0.194 e. The Hall–Kier alpha value is -2.40. The molecule has 144 valence electrons. The van der Waals surface area contributed by atoms with Gasteiger partial charge in [-0.1, -0.05) is 105 Å². The van der Waals surface area contributed by atoms with E-state index in [-0.39, 0.29) is 5.78 Å². The van der Waals surface area contributed by atoms with Gasteiger partial charge >= 0.3 is 0 Å². The Labute approximate surface area is 197 Å². The first-order valence-electron chi connectivity index (χ1n) is 9.42. The van der Waals surface area contributed by atoms with Crippen molar-refractivity contribution < 1.29 is 4.79 Å². The second-order valence-corrected chi connectivity index (χ2v) is 9.37. The number of fused-ring (bicyclic) bond motifs is 2. The Morgan fingerprint density at radius 3 is 1.53 bits per heavy atom. The number of rotatable bonds is 2. The number of halogens is 2. The first kappa shape index (κ1) is 19.6. The normalized spacial score (nSPS) is 12.5. The first-order valence-corrected chi connectivity index (χ1v) is 11.4. The molecule has 1 nitrogen and oxygen atoms in total. The van der Waals surface area contributed by atoms with Gasteiger partial charge in [0.2, 0.25) is 0 Å². The standard InChI is InChI=1S/C26H14Br2OS/c27-17-9-5-15(6-10-17)19-13-14-20(16-7-11-18(28)12-8-16)24-23(19)25(29)21-3-1-2-4-22(21)26(24)30/h1-14H. The Morgan fingerprint density at radius 2 is 1.00 bits per heavy atom. The fourth-order valence-electron chi connectivity index (χ4n) is 3.96. The van der Waals surface area contributed by atoms with Crippen molar-refractivity contribution >= 4 is 54.7 Å². The van der Waals surface area contributed by atoms with Gasteiger partial charge in [0, 0.05) is 31.2 Å². The Balaban J connectivity index is 1.83. The van der Waals surface area contributed by atoms with Gasteiger partial charge in [-0.2, -0.15) is 0 Å². The van der Waals surface area contributed by atoms with Crippen LogP contribution in [0.4, 0.5) is 0 Å². The van der Waals surface area contributed by atoms with Crippen LogP contribution in [0.15, 0.2) is 93.9 Å². The lowest BCUT2D eigenvalue weighted by Gasteiger charge is -2.25. The summed E-state index contributed by atoms with van der Waals surface area (Å²) in [4.78, 5) is 14.4. The molecule has 0 atom stereocenters. The van der Waals surface area contributed by atoms with Crippen molar-refractivity contribution in [2.75, 3.05) is 0 Å². The minimum Gasteiger partial charge on any atom is -0.289 e. The topological polar surface area (TPSA) is 17.1 Å². The minimum absolute atomic E-state index is 0.0195. The van der Waals surface area contributed by atoms with E-state index in [1.165, 1.54) is 0 Å². The zero-order valence-corrected chi connectivity index (χ0v) is 19.6. The van der Waals surface area contributed by atoms with Gasteiger partial charge in [0.05, 0.1) is 4.86 Å². The monoisotopic (exact) mass is 532 g/mol. The van der Waals surface area contributed by atoms with E-state index in [0.29, 0.717) is 11.1 Å². The molecule has 0 unspecified atom stereocenters. The molecule has 0 heterocycles. The van der Waals surface area contributed by atoms with Crippen molar-refractivity contribution in [3.05, 3.63) is 116 Å². The predicted octanol–water partition coefficient (Wildman–Crippen LogP) is 7.86. The number of carbonyl (C=O) groups excluding carboxylic acids is 1. The molecule has 5 rings (SSSR count). The zero-order chi connectivity index (χ0) is 20.8. The van der Waals surface area contributed by atoms with Crippen molar-refractivity contribution in [3.63, 3.8) is 0 Å². The van der Waals surface area contributed by atoms with Gasteiger partial charge in [0.1, 0.15) is 0 Å². The van der Waals surface area contributed by atoms with E-state index < -0.39 is 0 Å². The van der Waals surface area contributed by atoms with E-state index in [1.807, 2.05) is 78.9 Å². The first-order chi connectivity index (χ1) is 14.5. The zero-order valence-electron chi connectivity index (χ0n) is 15.7. The summed E-state index contributed by atoms with van der Waals surface area (Å²) < 4.78 is 2.01. The van der Waals surface area contributed by atoms with Crippen molar-refractivity contribution in [1.29, 1.82) is 0 Å². The van der Waals surface area contributed by atoms with Crippen LogP contribution in [-0.4, -0.2) is 10.6 Å². The average Bonchev–Trinajstić information content (AvgIpc) is 2.78. The second kappa shape index (κ2) is 7.69. The lowest BCUT2D eigenvalue weighted by Crippen LogP contribution is -2.22. The summed E-state index contributed by atoms with van der Waals surface area (Å²) in [5, 5.41) is 0. The van der Waals surface area contributed by atoms with Crippen LogP contribution in [-0.2, 0) is 0 Å². The summed E-state index contributed by atoms with van der Waals surface area (Å²) >= 11 is 12.9. The predicted molar refractivity (Wildman–Crippen MR) is 133 cm³/mol. The van der Waals surface area contributed by atoms with Crippen molar-refractivity contribution in [1.82, 2.24) is 0 Å². The Morgan fingerprint density at radius 1 is 0.533 bits per heavy atom. The molecule has 0 fully saturated rings. The summed E-state index contributed by atoms with van der Waals surface area (Å²) in [6.45, 7) is 0. The van der Waals surface area contributed by atoms with Gasteiger partial charge in [0.15, 0.2) is 5.78 Å². The molecule has 0 N–H and O–H groups in total. The number of benzene rings is 4. The maximum absolute atomic E-state index is 13.7. The van der Waals surface area contributed by atoms with Crippen LogP contribution in [0, 0.1) is 0 Å². The van der Waals surface area contributed by atoms with Crippen molar-refractivity contribution in [2.45, 2.75) is 0 Å². The van der Waals surface area contributed by atoms with Crippen molar-refractivity contribution in [3.8, 4) is 22.3 Å². The maximum atomic E-state index is 13.7. The van der Waals surface area contributed by atoms with E-state index >= 15 is 0 Å². The molecule has 0 bridgehead atoms. The number of hydrogen-bond acceptors (Lipinski definition) is 2. The quantitative estimate of drug-likeness (QED) is 0.215. The highest BCUT2D eigenvalue weighted by atomic mass is 79.9. The molecule has 0 spiro atoms. The molecule has 4 heteroatoms. The van der Waals surface area contributed by atoms with Gasteiger partial charge in [-0.3, -0.25) is 4.79 Å². The summed E-state index contributed by atoms with van der Waals surface area (Å²) in [6, 6.07) is 27.9. The molecule has 0 amide bonds. The van der Waals surface area contributed by atoms with Gasteiger partial charge in [-0.15, -0.1) is 0 Å². The van der Waals surface area contributed by atoms with Gasteiger partial charge in [-0.25, -0.2) is 0 Å². The number of carbonyl (C=O) groups is 1. The third-order valence-electron chi connectivity index (χ3n) is 5.39. The lowest BCUT2D eigenvalue weighted by atomic mass is 9.78. The highest BCUT2D eigenvalue weighted by Crippen LogP contribution is 2.40. The van der Waals surface area contributed by atoms with Gasteiger partial charge < -0.3 is 0 Å². The fraction of sp³-hybridized carbons (Fsp3) is 0. The van der Waals surface area contributed by atoms with E-state index in [1.54, 1.807) is 0 Å². The molecule has 0 saturated heterocycles. The summed E-state index contributed by atoms with van der Waals surface area (Å²) in [7, 11) is 0. The Kier molecular flexibility index (Phi) is 5.02. The molecule has 4 aromatic carbocycles. The summed E-state index contributed by atoms with van der Waals surface area (Å²) in [6.07, 6.45) is 0. The van der Waals surface area contributed by atoms with E-state index in [2.05, 4.69) is 37.9 Å². The number of thiocarbonyl (C=S) groups is 1. The number of hydrogen-bond donors (Lipinski definition) is 0. The van der Waals surface area contributed by atoms with Gasteiger partial charge in [-0.05, 0) is 46.5 Å². The molecule has 30 heavy (non-hydrogen) atoms. The van der Waals surface area contributed by atoms with Crippen LogP contribution < -0.4 is 0 Å². The van der Waals surface area contributed by atoms with Crippen LogP contribution in [0.2, 0.25) is 0 Å². The van der Waals surface area contributed by atoms with Crippen LogP contribution in [0.25, 0.3) is 22.3 Å². The van der Waals surface area contributed by atoms with Gasteiger partial charge in [0.25, 0.3) is 0 Å². The molecular weight excluding hydrogens is 520 g/mol. The number of ketones is 1.